The first-order valence-electron chi connectivity index (χ1n) is 8.73. The van der Waals surface area contributed by atoms with Gasteiger partial charge in [-0.15, -0.1) is 0 Å². The molecule has 2 aromatic rings. The van der Waals surface area contributed by atoms with Crippen LogP contribution in [0.25, 0.3) is 0 Å². The Morgan fingerprint density at radius 3 is 2.62 bits per heavy atom. The summed E-state index contributed by atoms with van der Waals surface area (Å²) in [6, 6.07) is 14.2. The van der Waals surface area contributed by atoms with E-state index >= 15 is 0 Å². The van der Waals surface area contributed by atoms with Crippen molar-refractivity contribution in [3.63, 3.8) is 0 Å². The van der Waals surface area contributed by atoms with Gasteiger partial charge in [0.25, 0.3) is 0 Å². The van der Waals surface area contributed by atoms with Crippen molar-refractivity contribution in [1.82, 2.24) is 15.5 Å². The second-order valence-electron chi connectivity index (χ2n) is 6.54. The minimum absolute atomic E-state index is 0.147. The smallest absolute Gasteiger partial charge is 0.322 e. The topological polar surface area (TPSA) is 44.4 Å². The quantitative estimate of drug-likeness (QED) is 0.834. The minimum Gasteiger partial charge on any atom is -0.385 e. The van der Waals surface area contributed by atoms with Gasteiger partial charge in [0, 0.05) is 20.0 Å². The van der Waals surface area contributed by atoms with Crippen molar-refractivity contribution in [2.75, 3.05) is 13.6 Å². The third kappa shape index (κ3) is 2.98. The maximum absolute atomic E-state index is 13.4. The van der Waals surface area contributed by atoms with E-state index in [2.05, 4.69) is 22.4 Å². The van der Waals surface area contributed by atoms with Crippen molar-refractivity contribution in [3.05, 3.63) is 88.2 Å². The van der Waals surface area contributed by atoms with Crippen LogP contribution in [0.5, 0.6) is 0 Å². The molecule has 0 aromatic heterocycles. The summed E-state index contributed by atoms with van der Waals surface area (Å²) in [5, 5.41) is 5.97. The summed E-state index contributed by atoms with van der Waals surface area (Å²) in [6.07, 6.45) is 1.49. The number of fused-ring (bicyclic) bond motifs is 1. The zero-order valence-corrected chi connectivity index (χ0v) is 14.6. The molecule has 2 N–H and O–H groups in total. The number of hydrogen-bond acceptors (Lipinski definition) is 2. The number of nitrogens with one attached hydrogen (secondary N) is 2. The van der Waals surface area contributed by atoms with E-state index in [9.17, 15) is 9.18 Å². The third-order valence-corrected chi connectivity index (χ3v) is 4.94. The Balaban J connectivity index is 1.68. The Morgan fingerprint density at radius 2 is 1.88 bits per heavy atom. The van der Waals surface area contributed by atoms with Gasteiger partial charge in [0.15, 0.2) is 0 Å². The monoisotopic (exact) mass is 349 g/mol. The van der Waals surface area contributed by atoms with Gasteiger partial charge in [-0.2, -0.15) is 0 Å². The lowest BCUT2D eigenvalue weighted by molar-refractivity contribution is 0.182. The summed E-state index contributed by atoms with van der Waals surface area (Å²) in [4.78, 5) is 14.7. The number of urea groups is 1. The number of amides is 2. The molecule has 0 spiro atoms. The van der Waals surface area contributed by atoms with Crippen LogP contribution in [0.1, 0.15) is 29.2 Å². The second-order valence-corrected chi connectivity index (χ2v) is 6.54. The maximum Gasteiger partial charge on any atom is 0.322 e. The van der Waals surface area contributed by atoms with Crippen LogP contribution in [0.15, 0.2) is 65.7 Å². The number of hydrogen-bond donors (Lipinski definition) is 2. The van der Waals surface area contributed by atoms with Crippen LogP contribution in [0.3, 0.4) is 0 Å². The van der Waals surface area contributed by atoms with Crippen LogP contribution in [0.4, 0.5) is 9.18 Å². The normalized spacial score (nSPS) is 18.2. The molecule has 2 aliphatic rings. The molecule has 1 aliphatic carbocycles. The van der Waals surface area contributed by atoms with Gasteiger partial charge in [0.1, 0.15) is 5.82 Å². The van der Waals surface area contributed by atoms with Crippen LogP contribution < -0.4 is 10.6 Å². The largest absolute Gasteiger partial charge is 0.385 e. The standard InChI is InChI=1S/C21H20FN3O/c1-23-17-12-18(13-17)24-21(26)25-11-10-14-4-2-3-5-19(14)20(25)15-6-8-16(22)9-7-15/h2-9,20,23H,10-12H2,1H3,(H,24,26)/t20-/m0/s1. The average Bonchev–Trinajstić information content (AvgIpc) is 2.64. The molecule has 0 saturated carbocycles. The van der Waals surface area contributed by atoms with Crippen molar-refractivity contribution >= 4 is 6.03 Å². The zero-order chi connectivity index (χ0) is 18.1. The molecule has 0 bridgehead atoms. The number of rotatable bonds is 3. The minimum atomic E-state index is -0.279. The predicted octanol–water partition coefficient (Wildman–Crippen LogP) is 3.47. The number of benzene rings is 2. The summed E-state index contributed by atoms with van der Waals surface area (Å²) in [7, 11) is 1.84. The number of carbonyl (C=O) groups is 1. The lowest BCUT2D eigenvalue weighted by atomic mass is 9.88. The van der Waals surface area contributed by atoms with Crippen molar-refractivity contribution in [2.24, 2.45) is 0 Å². The third-order valence-electron chi connectivity index (χ3n) is 4.94. The first-order valence-corrected chi connectivity index (χ1v) is 8.73. The Bertz CT molecular complexity index is 913. The molecule has 0 saturated heterocycles. The molecule has 2 amide bonds. The first kappa shape index (κ1) is 16.4. The Labute approximate surface area is 152 Å². The molecule has 4 rings (SSSR count). The van der Waals surface area contributed by atoms with Gasteiger partial charge in [-0.05, 0) is 35.2 Å². The van der Waals surface area contributed by atoms with Crippen molar-refractivity contribution in [3.8, 4) is 0 Å². The lowest BCUT2D eigenvalue weighted by Crippen LogP contribution is -2.46. The van der Waals surface area contributed by atoms with Crippen molar-refractivity contribution in [1.29, 1.82) is 0 Å². The van der Waals surface area contributed by atoms with Gasteiger partial charge in [-0.1, -0.05) is 42.1 Å². The second kappa shape index (κ2) is 6.70. The van der Waals surface area contributed by atoms with Crippen molar-refractivity contribution in [2.45, 2.75) is 18.9 Å². The highest BCUT2D eigenvalue weighted by Gasteiger charge is 2.32. The van der Waals surface area contributed by atoms with Gasteiger partial charge in [-0.3, -0.25) is 0 Å². The lowest BCUT2D eigenvalue weighted by Gasteiger charge is -2.38. The fraction of sp³-hybridized carbons (Fsp3) is 0.238. The van der Waals surface area contributed by atoms with Gasteiger partial charge in [0.2, 0.25) is 0 Å². The summed E-state index contributed by atoms with van der Waals surface area (Å²) >= 11 is 0. The average molecular weight is 349 g/mol. The molecule has 1 aliphatic heterocycles. The fourth-order valence-corrected chi connectivity index (χ4v) is 3.56. The maximum atomic E-state index is 13.4. The van der Waals surface area contributed by atoms with Crippen LogP contribution in [-0.2, 0) is 6.42 Å². The molecule has 1 heterocycles. The fourth-order valence-electron chi connectivity index (χ4n) is 3.56. The van der Waals surface area contributed by atoms with E-state index in [1.807, 2.05) is 30.1 Å². The number of carbonyl (C=O) groups excluding carboxylic acids is 1. The molecular formula is C21H20FN3O. The van der Waals surface area contributed by atoms with Gasteiger partial charge in [-0.25, -0.2) is 9.18 Å². The predicted molar refractivity (Wildman–Crippen MR) is 97.8 cm³/mol. The molecule has 132 valence electrons. The molecule has 26 heavy (non-hydrogen) atoms. The van der Waals surface area contributed by atoms with Gasteiger partial charge >= 0.3 is 6.03 Å². The van der Waals surface area contributed by atoms with E-state index in [1.54, 1.807) is 12.1 Å². The van der Waals surface area contributed by atoms with Crippen LogP contribution in [-0.4, -0.2) is 24.5 Å². The summed E-state index contributed by atoms with van der Waals surface area (Å²) < 4.78 is 13.4. The molecule has 5 heteroatoms. The molecule has 0 radical (unpaired) electrons. The molecule has 0 fully saturated rings. The molecule has 2 aromatic carbocycles. The van der Waals surface area contributed by atoms with Crippen molar-refractivity contribution < 1.29 is 9.18 Å². The van der Waals surface area contributed by atoms with E-state index in [4.69, 9.17) is 0 Å². The van der Waals surface area contributed by atoms with E-state index in [1.165, 1.54) is 17.7 Å². The van der Waals surface area contributed by atoms with E-state index in [0.29, 0.717) is 13.0 Å². The van der Waals surface area contributed by atoms with E-state index < -0.39 is 0 Å². The summed E-state index contributed by atoms with van der Waals surface area (Å²) in [6.45, 7) is 0.612. The highest BCUT2D eigenvalue weighted by Crippen LogP contribution is 2.35. The van der Waals surface area contributed by atoms with E-state index in [-0.39, 0.29) is 17.9 Å². The first-order chi connectivity index (χ1) is 12.7. The van der Waals surface area contributed by atoms with E-state index in [0.717, 1.165) is 28.9 Å². The van der Waals surface area contributed by atoms with Crippen LogP contribution in [0.2, 0.25) is 0 Å². The SMILES string of the molecule is CNC1=C=C(NC(=O)N2CCc3ccccc3[C@@H]2c2ccc(F)cc2)C1. The highest BCUT2D eigenvalue weighted by atomic mass is 19.1. The zero-order valence-electron chi connectivity index (χ0n) is 14.6. The number of halogens is 1. The Morgan fingerprint density at radius 1 is 1.15 bits per heavy atom. The van der Waals surface area contributed by atoms with Crippen LogP contribution in [0, 0.1) is 5.82 Å². The van der Waals surface area contributed by atoms with Gasteiger partial charge < -0.3 is 15.5 Å². The number of nitrogens with zero attached hydrogens (tertiary/aromatic N) is 1. The summed E-state index contributed by atoms with van der Waals surface area (Å²) in [5.74, 6) is -0.279. The van der Waals surface area contributed by atoms with Gasteiger partial charge in [0.05, 0.1) is 17.4 Å². The Kier molecular flexibility index (Phi) is 4.23. The molecule has 1 atom stereocenters. The Hall–Kier alpha value is -3.04. The molecule has 4 nitrogen and oxygen atoms in total. The molecular weight excluding hydrogens is 329 g/mol. The molecule has 0 unspecified atom stereocenters. The van der Waals surface area contributed by atoms with Crippen LogP contribution >= 0.6 is 0 Å². The summed E-state index contributed by atoms with van der Waals surface area (Å²) in [5.41, 5.74) is 8.09. The highest BCUT2D eigenvalue weighted by molar-refractivity contribution is 5.78.